The first-order valence-corrected chi connectivity index (χ1v) is 8.78. The number of likely N-dealkylation sites (N-methyl/N-ethyl adjacent to an activating group) is 1. The lowest BCUT2D eigenvalue weighted by Gasteiger charge is -2.34. The fourth-order valence-electron chi connectivity index (χ4n) is 2.86. The number of piperazine rings is 1. The first kappa shape index (κ1) is 14.6. The molecule has 120 valence electrons. The number of aromatic nitrogens is 3. The molecule has 0 aliphatic carbocycles. The summed E-state index contributed by atoms with van der Waals surface area (Å²) in [5, 5.41) is 6.89. The van der Waals surface area contributed by atoms with Gasteiger partial charge in [0.1, 0.15) is 5.82 Å². The largest absolute Gasteiger partial charge is 0.369 e. The van der Waals surface area contributed by atoms with Crippen LogP contribution in [0.3, 0.4) is 0 Å². The van der Waals surface area contributed by atoms with Gasteiger partial charge in [-0.2, -0.15) is 5.10 Å². The van der Waals surface area contributed by atoms with E-state index in [1.165, 1.54) is 10.6 Å². The molecule has 7 heteroatoms. The van der Waals surface area contributed by atoms with E-state index in [0.717, 1.165) is 43.4 Å². The molecule has 4 heterocycles. The van der Waals surface area contributed by atoms with Crippen LogP contribution in [0.2, 0.25) is 0 Å². The van der Waals surface area contributed by atoms with Crippen molar-refractivity contribution in [1.82, 2.24) is 20.1 Å². The van der Waals surface area contributed by atoms with Crippen molar-refractivity contribution >= 4 is 28.2 Å². The van der Waals surface area contributed by atoms with E-state index in [-0.39, 0.29) is 0 Å². The molecule has 0 spiro atoms. The number of pyridine rings is 1. The molecule has 0 aromatic carbocycles. The molecule has 2 aromatic heterocycles. The molecule has 6 nitrogen and oxygen atoms in total. The highest BCUT2D eigenvalue weighted by Gasteiger charge is 2.19. The second-order valence-corrected chi connectivity index (χ2v) is 6.87. The molecule has 0 saturated carbocycles. The van der Waals surface area contributed by atoms with Crippen LogP contribution in [0.5, 0.6) is 0 Å². The summed E-state index contributed by atoms with van der Waals surface area (Å²) in [7, 11) is 2.18. The second kappa shape index (κ2) is 6.25. The number of thioether (sulfide) groups is 1. The van der Waals surface area contributed by atoms with Crippen molar-refractivity contribution in [2.75, 3.05) is 48.9 Å². The number of rotatable bonds is 3. The molecule has 4 rings (SSSR count). The normalized spacial score (nSPS) is 19.3. The number of anilines is 2. The molecule has 2 aliphatic rings. The third kappa shape index (κ3) is 3.07. The fraction of sp³-hybridized carbons (Fsp3) is 0.375. The van der Waals surface area contributed by atoms with Crippen LogP contribution >= 0.6 is 11.8 Å². The Morgan fingerprint density at radius 1 is 1.22 bits per heavy atom. The molecule has 2 aromatic rings. The lowest BCUT2D eigenvalue weighted by atomic mass is 10.2. The van der Waals surface area contributed by atoms with Gasteiger partial charge in [-0.05, 0) is 13.1 Å². The minimum absolute atomic E-state index is 0.889. The Morgan fingerprint density at radius 2 is 2.09 bits per heavy atom. The summed E-state index contributed by atoms with van der Waals surface area (Å²) in [5.41, 5.74) is 2.39. The number of hydrogen-bond acceptors (Lipinski definition) is 6. The molecule has 0 unspecified atom stereocenters. The van der Waals surface area contributed by atoms with E-state index in [1.54, 1.807) is 0 Å². The van der Waals surface area contributed by atoms with Crippen LogP contribution in [0.15, 0.2) is 36.9 Å². The molecular weight excluding hydrogens is 308 g/mol. The van der Waals surface area contributed by atoms with Crippen molar-refractivity contribution in [2.45, 2.75) is 0 Å². The highest BCUT2D eigenvalue weighted by atomic mass is 32.2. The number of hydrogen-bond donors (Lipinski definition) is 1. The minimum atomic E-state index is 0.889. The van der Waals surface area contributed by atoms with Gasteiger partial charge in [0.05, 0.1) is 12.1 Å². The first-order chi connectivity index (χ1) is 11.3. The monoisotopic (exact) mass is 328 g/mol. The zero-order chi connectivity index (χ0) is 15.6. The standard InChI is InChI=1S/C16H20N6S/c1-20-4-6-21(7-5-20)14-2-3-17-16(8-14)22-11-15(23-12-22)13-9-18-19-10-13/h2-3,8-11H,4-7,12H2,1H3,(H,18,19). The van der Waals surface area contributed by atoms with Crippen LogP contribution in [0.1, 0.15) is 5.56 Å². The van der Waals surface area contributed by atoms with Gasteiger partial charge in [-0.15, -0.1) is 11.8 Å². The van der Waals surface area contributed by atoms with E-state index in [9.17, 15) is 0 Å². The molecule has 1 saturated heterocycles. The average Bonchev–Trinajstić information content (AvgIpc) is 3.27. The number of H-pyrrole nitrogens is 1. The molecule has 1 N–H and O–H groups in total. The summed E-state index contributed by atoms with van der Waals surface area (Å²) in [6.07, 6.45) is 7.86. The Labute approximate surface area is 140 Å². The summed E-state index contributed by atoms with van der Waals surface area (Å²) in [6, 6.07) is 4.30. The van der Waals surface area contributed by atoms with Crippen LogP contribution in [-0.2, 0) is 0 Å². The third-order valence-electron chi connectivity index (χ3n) is 4.31. The lowest BCUT2D eigenvalue weighted by molar-refractivity contribution is 0.313. The minimum Gasteiger partial charge on any atom is -0.369 e. The van der Waals surface area contributed by atoms with Crippen molar-refractivity contribution in [3.05, 3.63) is 42.5 Å². The van der Waals surface area contributed by atoms with Gasteiger partial charge in [-0.3, -0.25) is 5.10 Å². The molecule has 0 atom stereocenters. The van der Waals surface area contributed by atoms with Crippen LogP contribution in [0, 0.1) is 0 Å². The molecule has 23 heavy (non-hydrogen) atoms. The maximum atomic E-state index is 4.55. The zero-order valence-corrected chi connectivity index (χ0v) is 14.0. The van der Waals surface area contributed by atoms with Crippen molar-refractivity contribution < 1.29 is 0 Å². The molecule has 0 bridgehead atoms. The van der Waals surface area contributed by atoms with Crippen molar-refractivity contribution in [1.29, 1.82) is 0 Å². The molecular formula is C16H20N6S. The highest BCUT2D eigenvalue weighted by molar-refractivity contribution is 8.08. The summed E-state index contributed by atoms with van der Waals surface area (Å²) >= 11 is 1.81. The zero-order valence-electron chi connectivity index (χ0n) is 13.1. The maximum absolute atomic E-state index is 4.55. The third-order valence-corrected chi connectivity index (χ3v) is 5.37. The van der Waals surface area contributed by atoms with Crippen LogP contribution < -0.4 is 9.80 Å². The summed E-state index contributed by atoms with van der Waals surface area (Å²) < 4.78 is 0. The van der Waals surface area contributed by atoms with E-state index >= 15 is 0 Å². The Kier molecular flexibility index (Phi) is 3.97. The van der Waals surface area contributed by atoms with Crippen LogP contribution in [-0.4, -0.2) is 59.2 Å². The Morgan fingerprint density at radius 3 is 2.87 bits per heavy atom. The SMILES string of the molecule is CN1CCN(c2ccnc(N3C=C(c4cn[nH]c4)SC3)c2)CC1. The van der Waals surface area contributed by atoms with E-state index < -0.39 is 0 Å². The Bertz CT molecular complexity index is 690. The predicted molar refractivity (Wildman–Crippen MR) is 95.4 cm³/mol. The van der Waals surface area contributed by atoms with Crippen LogP contribution in [0.4, 0.5) is 11.5 Å². The quantitative estimate of drug-likeness (QED) is 0.931. The van der Waals surface area contributed by atoms with E-state index in [4.69, 9.17) is 0 Å². The molecule has 0 amide bonds. The average molecular weight is 328 g/mol. The lowest BCUT2D eigenvalue weighted by Crippen LogP contribution is -2.44. The Hall–Kier alpha value is -1.99. The van der Waals surface area contributed by atoms with Gasteiger partial charge in [0.2, 0.25) is 0 Å². The first-order valence-electron chi connectivity index (χ1n) is 7.79. The maximum Gasteiger partial charge on any atom is 0.135 e. The molecule has 0 radical (unpaired) electrons. The van der Waals surface area contributed by atoms with Crippen molar-refractivity contribution in [2.24, 2.45) is 0 Å². The second-order valence-electron chi connectivity index (χ2n) is 5.89. The predicted octanol–water partition coefficient (Wildman–Crippen LogP) is 2.07. The van der Waals surface area contributed by atoms with Gasteiger partial charge in [0, 0.05) is 67.0 Å². The molecule has 2 aliphatic heterocycles. The van der Waals surface area contributed by atoms with Crippen LogP contribution in [0.25, 0.3) is 4.91 Å². The summed E-state index contributed by atoms with van der Waals surface area (Å²) in [4.78, 5) is 12.8. The van der Waals surface area contributed by atoms with E-state index in [2.05, 4.69) is 55.3 Å². The Balaban J connectivity index is 1.53. The van der Waals surface area contributed by atoms with Gasteiger partial charge in [0.25, 0.3) is 0 Å². The van der Waals surface area contributed by atoms with Crippen molar-refractivity contribution in [3.8, 4) is 0 Å². The van der Waals surface area contributed by atoms with Gasteiger partial charge in [0.15, 0.2) is 0 Å². The van der Waals surface area contributed by atoms with E-state index in [0.29, 0.717) is 0 Å². The number of aromatic amines is 1. The molecule has 1 fully saturated rings. The van der Waals surface area contributed by atoms with Gasteiger partial charge < -0.3 is 14.7 Å². The topological polar surface area (TPSA) is 51.3 Å². The van der Waals surface area contributed by atoms with Gasteiger partial charge in [-0.1, -0.05) is 0 Å². The van der Waals surface area contributed by atoms with Crippen molar-refractivity contribution in [3.63, 3.8) is 0 Å². The summed E-state index contributed by atoms with van der Waals surface area (Å²) in [5.74, 6) is 1.90. The van der Waals surface area contributed by atoms with E-state index in [1.807, 2.05) is 30.4 Å². The smallest absolute Gasteiger partial charge is 0.135 e. The number of nitrogens with zero attached hydrogens (tertiary/aromatic N) is 5. The highest BCUT2D eigenvalue weighted by Crippen LogP contribution is 2.36. The fourth-order valence-corrected chi connectivity index (χ4v) is 3.82. The van der Waals surface area contributed by atoms with Gasteiger partial charge >= 0.3 is 0 Å². The summed E-state index contributed by atoms with van der Waals surface area (Å²) in [6.45, 7) is 4.37. The van der Waals surface area contributed by atoms with Gasteiger partial charge in [-0.25, -0.2) is 4.98 Å². The number of nitrogens with one attached hydrogen (secondary N) is 1.